The van der Waals surface area contributed by atoms with E-state index in [1.165, 1.54) is 12.7 Å². The number of likely N-dealkylation sites (tertiary alicyclic amines) is 1. The molecule has 1 aromatic heterocycles. The van der Waals surface area contributed by atoms with Crippen molar-refractivity contribution in [2.75, 3.05) is 25.5 Å². The molecule has 132 valence electrons. The van der Waals surface area contributed by atoms with Gasteiger partial charge in [-0.05, 0) is 24.5 Å². The van der Waals surface area contributed by atoms with Crippen LogP contribution in [0.3, 0.4) is 0 Å². The molecule has 1 aliphatic heterocycles. The van der Waals surface area contributed by atoms with E-state index in [4.69, 9.17) is 10.5 Å². The molecule has 1 amide bonds. The second kappa shape index (κ2) is 7.98. The highest BCUT2D eigenvalue weighted by Crippen LogP contribution is 2.22. The van der Waals surface area contributed by atoms with Crippen LogP contribution in [-0.4, -0.2) is 42.0 Å². The van der Waals surface area contributed by atoms with Gasteiger partial charge < -0.3 is 15.8 Å². The third kappa shape index (κ3) is 4.48. The van der Waals surface area contributed by atoms with Gasteiger partial charge in [0, 0.05) is 25.7 Å². The fraction of sp³-hybridized carbons (Fsp3) is 0.368. The standard InChI is InChI=1S/C19H24N4O2/c1-25-19-17(18(20)24)11-16(12-21-19)22-15-7-9-23(10-8-15)13-14-5-3-2-4-6-14/h2-6,11-12,15,22H,7-10,13H2,1H3,(H2,20,24). The van der Waals surface area contributed by atoms with Crippen molar-refractivity contribution in [1.82, 2.24) is 9.88 Å². The Balaban J connectivity index is 1.55. The summed E-state index contributed by atoms with van der Waals surface area (Å²) in [5.41, 5.74) is 7.84. The minimum atomic E-state index is -0.536. The van der Waals surface area contributed by atoms with Gasteiger partial charge in [0.2, 0.25) is 5.88 Å². The van der Waals surface area contributed by atoms with Gasteiger partial charge in [-0.3, -0.25) is 9.69 Å². The zero-order valence-corrected chi connectivity index (χ0v) is 14.4. The maximum Gasteiger partial charge on any atom is 0.254 e. The molecule has 0 atom stereocenters. The molecule has 2 aromatic rings. The topological polar surface area (TPSA) is 80.5 Å². The van der Waals surface area contributed by atoms with Crippen LogP contribution in [-0.2, 0) is 6.54 Å². The van der Waals surface area contributed by atoms with Crippen LogP contribution in [0.5, 0.6) is 5.88 Å². The number of nitrogens with one attached hydrogen (secondary N) is 1. The molecule has 2 heterocycles. The summed E-state index contributed by atoms with van der Waals surface area (Å²) in [7, 11) is 1.48. The van der Waals surface area contributed by atoms with Crippen molar-refractivity contribution < 1.29 is 9.53 Å². The van der Waals surface area contributed by atoms with Gasteiger partial charge in [0.15, 0.2) is 0 Å². The summed E-state index contributed by atoms with van der Waals surface area (Å²) in [4.78, 5) is 18.1. The maximum absolute atomic E-state index is 11.5. The molecule has 1 saturated heterocycles. The fourth-order valence-electron chi connectivity index (χ4n) is 3.18. The highest BCUT2D eigenvalue weighted by atomic mass is 16.5. The lowest BCUT2D eigenvalue weighted by Crippen LogP contribution is -2.38. The molecule has 1 aromatic carbocycles. The fourth-order valence-corrected chi connectivity index (χ4v) is 3.18. The Bertz CT molecular complexity index is 713. The predicted molar refractivity (Wildman–Crippen MR) is 97.7 cm³/mol. The number of primary amides is 1. The second-order valence-electron chi connectivity index (χ2n) is 6.33. The number of nitrogens with zero attached hydrogens (tertiary/aromatic N) is 2. The van der Waals surface area contributed by atoms with Crippen LogP contribution >= 0.6 is 0 Å². The Kier molecular flexibility index (Phi) is 5.50. The van der Waals surface area contributed by atoms with Gasteiger partial charge in [-0.25, -0.2) is 4.98 Å². The number of hydrogen-bond acceptors (Lipinski definition) is 5. The summed E-state index contributed by atoms with van der Waals surface area (Å²) >= 11 is 0. The molecule has 1 fully saturated rings. The van der Waals surface area contributed by atoms with Crippen molar-refractivity contribution in [2.24, 2.45) is 5.73 Å². The molecule has 1 aliphatic rings. The van der Waals surface area contributed by atoms with Crippen molar-refractivity contribution in [1.29, 1.82) is 0 Å². The molecule has 0 unspecified atom stereocenters. The highest BCUT2D eigenvalue weighted by molar-refractivity contribution is 5.95. The summed E-state index contributed by atoms with van der Waals surface area (Å²) in [6.07, 6.45) is 3.77. The number of carbonyl (C=O) groups is 1. The number of hydrogen-bond donors (Lipinski definition) is 2. The van der Waals surface area contributed by atoms with Crippen LogP contribution in [0.15, 0.2) is 42.6 Å². The maximum atomic E-state index is 11.5. The molecule has 0 aliphatic carbocycles. The van der Waals surface area contributed by atoms with Crippen LogP contribution in [0.25, 0.3) is 0 Å². The zero-order valence-electron chi connectivity index (χ0n) is 14.4. The SMILES string of the molecule is COc1ncc(NC2CCN(Cc3ccccc3)CC2)cc1C(N)=O. The smallest absolute Gasteiger partial charge is 0.254 e. The minimum Gasteiger partial charge on any atom is -0.480 e. The second-order valence-corrected chi connectivity index (χ2v) is 6.33. The average Bonchev–Trinajstić information content (AvgIpc) is 2.64. The molecule has 25 heavy (non-hydrogen) atoms. The minimum absolute atomic E-state index is 0.260. The van der Waals surface area contributed by atoms with E-state index >= 15 is 0 Å². The van der Waals surface area contributed by atoms with Gasteiger partial charge in [0.1, 0.15) is 5.56 Å². The van der Waals surface area contributed by atoms with Crippen LogP contribution in [0.1, 0.15) is 28.8 Å². The number of ether oxygens (including phenoxy) is 1. The quantitative estimate of drug-likeness (QED) is 0.843. The van der Waals surface area contributed by atoms with Gasteiger partial charge >= 0.3 is 0 Å². The van der Waals surface area contributed by atoms with Crippen molar-refractivity contribution in [3.63, 3.8) is 0 Å². The van der Waals surface area contributed by atoms with Crippen LogP contribution in [0.2, 0.25) is 0 Å². The molecular formula is C19H24N4O2. The number of methoxy groups -OCH3 is 1. The molecule has 0 saturated carbocycles. The summed E-state index contributed by atoms with van der Waals surface area (Å²) in [6, 6.07) is 12.6. The van der Waals surface area contributed by atoms with Crippen molar-refractivity contribution in [3.8, 4) is 5.88 Å². The van der Waals surface area contributed by atoms with Gasteiger partial charge in [-0.15, -0.1) is 0 Å². The number of anilines is 1. The molecule has 6 nitrogen and oxygen atoms in total. The molecule has 6 heteroatoms. The number of aromatic nitrogens is 1. The number of carbonyl (C=O) groups excluding carboxylic acids is 1. The van der Waals surface area contributed by atoms with Crippen molar-refractivity contribution in [2.45, 2.75) is 25.4 Å². The lowest BCUT2D eigenvalue weighted by molar-refractivity contribution is 0.0996. The van der Waals surface area contributed by atoms with Gasteiger partial charge in [0.05, 0.1) is 19.0 Å². The number of pyridine rings is 1. The molecule has 0 bridgehead atoms. The van der Waals surface area contributed by atoms with Gasteiger partial charge in [-0.1, -0.05) is 30.3 Å². The van der Waals surface area contributed by atoms with Gasteiger partial charge in [0.25, 0.3) is 5.91 Å². The third-order valence-electron chi connectivity index (χ3n) is 4.52. The van der Waals surface area contributed by atoms with Crippen LogP contribution in [0, 0.1) is 0 Å². The van der Waals surface area contributed by atoms with E-state index in [-0.39, 0.29) is 5.88 Å². The van der Waals surface area contributed by atoms with E-state index in [1.54, 1.807) is 12.3 Å². The average molecular weight is 340 g/mol. The van der Waals surface area contributed by atoms with E-state index in [1.807, 2.05) is 6.07 Å². The van der Waals surface area contributed by atoms with E-state index in [2.05, 4.69) is 39.5 Å². The first-order valence-electron chi connectivity index (χ1n) is 8.52. The predicted octanol–water partition coefficient (Wildman–Crippen LogP) is 2.27. The number of benzene rings is 1. The molecule has 0 radical (unpaired) electrons. The van der Waals surface area contributed by atoms with E-state index in [0.717, 1.165) is 38.2 Å². The number of piperidine rings is 1. The first-order chi connectivity index (χ1) is 12.2. The summed E-state index contributed by atoms with van der Waals surface area (Å²) in [5.74, 6) is -0.276. The lowest BCUT2D eigenvalue weighted by Gasteiger charge is -2.32. The molecule has 3 rings (SSSR count). The Morgan fingerprint density at radius 2 is 2.04 bits per heavy atom. The molecule has 3 N–H and O–H groups in total. The lowest BCUT2D eigenvalue weighted by atomic mass is 10.0. The Morgan fingerprint density at radius 3 is 2.68 bits per heavy atom. The monoisotopic (exact) mass is 340 g/mol. The Labute approximate surface area is 148 Å². The molecular weight excluding hydrogens is 316 g/mol. The van der Waals surface area contributed by atoms with Crippen LogP contribution in [0.4, 0.5) is 5.69 Å². The number of nitrogens with two attached hydrogens (primary N) is 1. The third-order valence-corrected chi connectivity index (χ3v) is 4.52. The largest absolute Gasteiger partial charge is 0.480 e. The van der Waals surface area contributed by atoms with E-state index in [0.29, 0.717) is 11.6 Å². The van der Waals surface area contributed by atoms with Gasteiger partial charge in [-0.2, -0.15) is 0 Å². The van der Waals surface area contributed by atoms with Crippen LogP contribution < -0.4 is 15.8 Å². The highest BCUT2D eigenvalue weighted by Gasteiger charge is 2.20. The normalized spacial score (nSPS) is 15.7. The summed E-state index contributed by atoms with van der Waals surface area (Å²) in [6.45, 7) is 3.07. The Hall–Kier alpha value is -2.60. The Morgan fingerprint density at radius 1 is 1.32 bits per heavy atom. The van der Waals surface area contributed by atoms with Crippen molar-refractivity contribution >= 4 is 11.6 Å². The van der Waals surface area contributed by atoms with Crippen molar-refractivity contribution in [3.05, 3.63) is 53.7 Å². The van der Waals surface area contributed by atoms with E-state index in [9.17, 15) is 4.79 Å². The number of amides is 1. The summed E-state index contributed by atoms with van der Waals surface area (Å²) in [5, 5.41) is 3.46. The van der Waals surface area contributed by atoms with E-state index < -0.39 is 5.91 Å². The zero-order chi connectivity index (χ0) is 17.6. The number of rotatable bonds is 6. The first-order valence-corrected chi connectivity index (χ1v) is 8.52. The molecule has 0 spiro atoms. The first kappa shape index (κ1) is 17.2. The summed E-state index contributed by atoms with van der Waals surface area (Å²) < 4.78 is 5.08.